The van der Waals surface area contributed by atoms with Crippen molar-refractivity contribution in [3.63, 3.8) is 0 Å². The Labute approximate surface area is 245 Å². The summed E-state index contributed by atoms with van der Waals surface area (Å²) < 4.78 is 65.7. The number of carbonyl (C=O) groups excluding carboxylic acids is 1. The molecule has 12 heteroatoms. The van der Waals surface area contributed by atoms with Crippen LogP contribution in [0.5, 0.6) is 5.88 Å². The standard InChI is InChI=1S/C31H31F4N5O3/c1-42-15-14-37-28(41)7-4-12-36-13-16-43-29-11-8-21(20-38-29)17-23(19-31(33,34)35)25-6-3-2-5-24(25)22-9-10-27-26(18-22)30(32)40-39-27/h2-11,17-18,20,36H,12-16,19H2,1H3,(H,37,41)(H,39,40)/b7-4+,23-17-. The monoisotopic (exact) mass is 597 g/mol. The van der Waals surface area contributed by atoms with E-state index in [0.717, 1.165) is 0 Å². The van der Waals surface area contributed by atoms with E-state index in [1.807, 2.05) is 0 Å². The molecule has 0 unspecified atom stereocenters. The molecule has 226 valence electrons. The molecule has 0 saturated carbocycles. The van der Waals surface area contributed by atoms with Crippen LogP contribution in [0.15, 0.2) is 72.9 Å². The van der Waals surface area contributed by atoms with Crippen LogP contribution in [-0.2, 0) is 9.53 Å². The zero-order valence-electron chi connectivity index (χ0n) is 23.4. The lowest BCUT2D eigenvalue weighted by Crippen LogP contribution is -2.25. The number of nitrogens with one attached hydrogen (secondary N) is 3. The van der Waals surface area contributed by atoms with Crippen molar-refractivity contribution in [2.75, 3.05) is 40.0 Å². The molecule has 0 radical (unpaired) electrons. The normalized spacial score (nSPS) is 12.3. The molecule has 2 aromatic carbocycles. The van der Waals surface area contributed by atoms with Gasteiger partial charge >= 0.3 is 6.18 Å². The first-order valence-electron chi connectivity index (χ1n) is 13.5. The van der Waals surface area contributed by atoms with Crippen molar-refractivity contribution in [2.45, 2.75) is 12.6 Å². The second-order valence-electron chi connectivity index (χ2n) is 9.45. The van der Waals surface area contributed by atoms with Gasteiger partial charge in [0.1, 0.15) is 6.61 Å². The Morgan fingerprint density at radius 2 is 1.91 bits per heavy atom. The molecule has 0 saturated heterocycles. The van der Waals surface area contributed by atoms with Gasteiger partial charge in [0.15, 0.2) is 0 Å². The number of H-pyrrole nitrogens is 1. The largest absolute Gasteiger partial charge is 0.476 e. The van der Waals surface area contributed by atoms with E-state index in [4.69, 9.17) is 9.47 Å². The van der Waals surface area contributed by atoms with Gasteiger partial charge in [-0.25, -0.2) is 4.98 Å². The van der Waals surface area contributed by atoms with E-state index in [0.29, 0.717) is 66.5 Å². The summed E-state index contributed by atoms with van der Waals surface area (Å²) in [4.78, 5) is 15.8. The number of hydrogen-bond acceptors (Lipinski definition) is 6. The quantitative estimate of drug-likeness (QED) is 0.100. The fourth-order valence-electron chi connectivity index (χ4n) is 4.28. The van der Waals surface area contributed by atoms with Crippen molar-refractivity contribution in [2.24, 2.45) is 0 Å². The van der Waals surface area contributed by atoms with Gasteiger partial charge in [0.05, 0.1) is 23.9 Å². The van der Waals surface area contributed by atoms with E-state index in [1.54, 1.807) is 67.8 Å². The second kappa shape index (κ2) is 15.1. The van der Waals surface area contributed by atoms with Crippen LogP contribution in [0.2, 0.25) is 0 Å². The minimum absolute atomic E-state index is 0.0379. The van der Waals surface area contributed by atoms with Crippen molar-refractivity contribution < 1.29 is 31.8 Å². The molecule has 4 rings (SSSR count). The molecule has 3 N–H and O–H groups in total. The van der Waals surface area contributed by atoms with Gasteiger partial charge in [-0.1, -0.05) is 36.4 Å². The Morgan fingerprint density at radius 1 is 1.07 bits per heavy atom. The summed E-state index contributed by atoms with van der Waals surface area (Å²) in [5.41, 5.74) is 2.39. The van der Waals surface area contributed by atoms with Gasteiger partial charge in [-0.15, -0.1) is 0 Å². The summed E-state index contributed by atoms with van der Waals surface area (Å²) in [6, 6.07) is 14.8. The van der Waals surface area contributed by atoms with Crippen LogP contribution in [0.4, 0.5) is 17.6 Å². The number of benzene rings is 2. The number of alkyl halides is 3. The number of pyridine rings is 1. The van der Waals surface area contributed by atoms with Gasteiger partial charge in [-0.2, -0.15) is 22.7 Å². The summed E-state index contributed by atoms with van der Waals surface area (Å²) in [7, 11) is 1.56. The molecule has 43 heavy (non-hydrogen) atoms. The first-order valence-corrected chi connectivity index (χ1v) is 13.5. The fraction of sp³-hybridized carbons (Fsp3) is 0.258. The maximum atomic E-state index is 14.1. The summed E-state index contributed by atoms with van der Waals surface area (Å²) in [5.74, 6) is -0.499. The highest BCUT2D eigenvalue weighted by Crippen LogP contribution is 2.37. The third-order valence-corrected chi connectivity index (χ3v) is 6.25. The molecule has 0 fully saturated rings. The van der Waals surface area contributed by atoms with E-state index in [9.17, 15) is 22.4 Å². The molecule has 0 aliphatic heterocycles. The van der Waals surface area contributed by atoms with Crippen LogP contribution in [0.3, 0.4) is 0 Å². The highest BCUT2D eigenvalue weighted by Gasteiger charge is 2.30. The number of allylic oxidation sites excluding steroid dienone is 1. The summed E-state index contributed by atoms with van der Waals surface area (Å²) in [6.45, 7) is 2.12. The van der Waals surface area contributed by atoms with E-state index < -0.39 is 18.5 Å². The second-order valence-corrected chi connectivity index (χ2v) is 9.45. The number of amides is 1. The number of fused-ring (bicyclic) bond motifs is 1. The Bertz CT molecular complexity index is 1570. The number of methoxy groups -OCH3 is 1. The highest BCUT2D eigenvalue weighted by atomic mass is 19.4. The lowest BCUT2D eigenvalue weighted by Gasteiger charge is -2.16. The van der Waals surface area contributed by atoms with Gasteiger partial charge in [0, 0.05) is 45.1 Å². The Hall–Kier alpha value is -4.55. The molecular formula is C31H31F4N5O3. The van der Waals surface area contributed by atoms with Crippen molar-refractivity contribution >= 4 is 28.5 Å². The van der Waals surface area contributed by atoms with E-state index in [1.165, 1.54) is 18.3 Å². The molecule has 0 spiro atoms. The number of aromatic amines is 1. The SMILES string of the molecule is COCCNC(=O)/C=C/CNCCOc1ccc(/C=C(/CC(F)(F)F)c2ccccc2-c2ccc3n[nH]c(F)c3c2)cn1. The first-order chi connectivity index (χ1) is 20.7. The molecule has 2 aromatic heterocycles. The zero-order chi connectivity index (χ0) is 30.7. The van der Waals surface area contributed by atoms with Crippen LogP contribution < -0.4 is 15.4 Å². The zero-order valence-corrected chi connectivity index (χ0v) is 23.4. The van der Waals surface area contributed by atoms with Crippen LogP contribution in [0.1, 0.15) is 17.5 Å². The average Bonchev–Trinajstić information content (AvgIpc) is 3.36. The van der Waals surface area contributed by atoms with Gasteiger partial charge in [0.25, 0.3) is 0 Å². The molecule has 1 amide bonds. The molecule has 0 aliphatic rings. The highest BCUT2D eigenvalue weighted by molar-refractivity contribution is 5.92. The minimum atomic E-state index is -4.47. The number of ether oxygens (including phenoxy) is 2. The number of carbonyl (C=O) groups is 1. The lowest BCUT2D eigenvalue weighted by molar-refractivity contribution is -0.123. The van der Waals surface area contributed by atoms with Crippen LogP contribution in [-0.4, -0.2) is 67.2 Å². The summed E-state index contributed by atoms with van der Waals surface area (Å²) >= 11 is 0. The molecule has 0 aliphatic carbocycles. The first kappa shape index (κ1) is 31.4. The molecule has 2 heterocycles. The summed E-state index contributed by atoms with van der Waals surface area (Å²) in [5, 5.41) is 12.2. The smallest absolute Gasteiger partial charge is 0.393 e. The third-order valence-electron chi connectivity index (χ3n) is 6.25. The maximum Gasteiger partial charge on any atom is 0.393 e. The number of aromatic nitrogens is 3. The van der Waals surface area contributed by atoms with Gasteiger partial charge < -0.3 is 20.1 Å². The number of rotatable bonds is 14. The fourth-order valence-corrected chi connectivity index (χ4v) is 4.28. The van der Waals surface area contributed by atoms with Crippen molar-refractivity contribution in [1.29, 1.82) is 0 Å². The van der Waals surface area contributed by atoms with E-state index in [-0.39, 0.29) is 16.9 Å². The van der Waals surface area contributed by atoms with Crippen molar-refractivity contribution in [1.82, 2.24) is 25.8 Å². The van der Waals surface area contributed by atoms with Crippen molar-refractivity contribution in [3.05, 3.63) is 90.0 Å². The van der Waals surface area contributed by atoms with Crippen LogP contribution >= 0.6 is 0 Å². The lowest BCUT2D eigenvalue weighted by atomic mass is 9.91. The minimum Gasteiger partial charge on any atom is -0.476 e. The van der Waals surface area contributed by atoms with Crippen LogP contribution in [0.25, 0.3) is 33.7 Å². The molecule has 0 atom stereocenters. The van der Waals surface area contributed by atoms with Gasteiger partial charge in [-0.3, -0.25) is 9.89 Å². The number of nitrogens with zero attached hydrogens (tertiary/aromatic N) is 2. The molecule has 4 aromatic rings. The topological polar surface area (TPSA) is 101 Å². The predicted octanol–water partition coefficient (Wildman–Crippen LogP) is 5.54. The molecule has 8 nitrogen and oxygen atoms in total. The third kappa shape index (κ3) is 9.48. The average molecular weight is 598 g/mol. The van der Waals surface area contributed by atoms with Gasteiger partial charge in [0.2, 0.25) is 17.7 Å². The van der Waals surface area contributed by atoms with Crippen LogP contribution in [0, 0.1) is 5.95 Å². The molecule has 0 bridgehead atoms. The van der Waals surface area contributed by atoms with E-state index >= 15 is 0 Å². The summed E-state index contributed by atoms with van der Waals surface area (Å²) in [6.07, 6.45) is 0.372. The van der Waals surface area contributed by atoms with E-state index in [2.05, 4.69) is 25.8 Å². The Balaban J connectivity index is 1.42. The number of halogens is 4. The predicted molar refractivity (Wildman–Crippen MR) is 157 cm³/mol. The Kier molecular flexibility index (Phi) is 11.0. The van der Waals surface area contributed by atoms with Gasteiger partial charge in [-0.05, 0) is 52.1 Å². The van der Waals surface area contributed by atoms with Crippen molar-refractivity contribution in [3.8, 4) is 17.0 Å². The number of hydrogen-bond donors (Lipinski definition) is 3. The Morgan fingerprint density at radius 3 is 2.67 bits per heavy atom. The molecular weight excluding hydrogens is 566 g/mol. The maximum absolute atomic E-state index is 14.1.